The summed E-state index contributed by atoms with van der Waals surface area (Å²) in [6, 6.07) is 0.403. The van der Waals surface area contributed by atoms with Crippen molar-refractivity contribution in [2.75, 3.05) is 0 Å². The van der Waals surface area contributed by atoms with Gasteiger partial charge >= 0.3 is 0 Å². The maximum Gasteiger partial charge on any atom is 0.298 e. The Morgan fingerprint density at radius 2 is 2.18 bits per heavy atom. The highest BCUT2D eigenvalue weighted by molar-refractivity contribution is 6.25. The number of rotatable bonds is 7. The van der Waals surface area contributed by atoms with Crippen LogP contribution in [-0.4, -0.2) is 18.1 Å². The lowest BCUT2D eigenvalue weighted by molar-refractivity contribution is -0.126. The smallest absolute Gasteiger partial charge is 0.298 e. The van der Waals surface area contributed by atoms with Crippen molar-refractivity contribution in [3.63, 3.8) is 0 Å². The summed E-state index contributed by atoms with van der Waals surface area (Å²) in [5.41, 5.74) is 1.16. The van der Waals surface area contributed by atoms with Gasteiger partial charge in [0.05, 0.1) is 5.54 Å². The van der Waals surface area contributed by atoms with E-state index in [-0.39, 0.29) is 5.54 Å². The third kappa shape index (κ3) is 3.71. The molecule has 0 amide bonds. The van der Waals surface area contributed by atoms with Crippen molar-refractivity contribution in [2.24, 2.45) is 0 Å². The van der Waals surface area contributed by atoms with Gasteiger partial charge in [0.1, 0.15) is 5.76 Å². The number of hydrogen-bond acceptors (Lipinski definition) is 3. The first-order valence-electron chi connectivity index (χ1n) is 6.37. The van der Waals surface area contributed by atoms with Gasteiger partial charge in [0.2, 0.25) is 0 Å². The van der Waals surface area contributed by atoms with Gasteiger partial charge in [-0.3, -0.25) is 4.79 Å². The SMILES string of the molecule is CCCC(C)NC1(C(=CCl)OC=O)CCCC1. The van der Waals surface area contributed by atoms with Crippen LogP contribution in [0.5, 0.6) is 0 Å². The fourth-order valence-electron chi connectivity index (χ4n) is 2.71. The van der Waals surface area contributed by atoms with Crippen molar-refractivity contribution >= 4 is 18.1 Å². The Bertz CT molecular complexity index is 273. The van der Waals surface area contributed by atoms with Crippen molar-refractivity contribution in [2.45, 2.75) is 64.0 Å². The van der Waals surface area contributed by atoms with Crippen molar-refractivity contribution in [1.82, 2.24) is 5.32 Å². The van der Waals surface area contributed by atoms with Gasteiger partial charge in [0.25, 0.3) is 6.47 Å². The molecule has 3 nitrogen and oxygen atoms in total. The molecule has 0 aliphatic heterocycles. The first-order chi connectivity index (χ1) is 8.18. The summed E-state index contributed by atoms with van der Waals surface area (Å²) in [6.45, 7) is 4.79. The molecule has 1 saturated carbocycles. The molecule has 0 aromatic carbocycles. The van der Waals surface area contributed by atoms with Crippen LogP contribution in [0, 0.1) is 0 Å². The second-order valence-electron chi connectivity index (χ2n) is 4.81. The molecule has 0 saturated heterocycles. The number of hydrogen-bond donors (Lipinski definition) is 1. The molecule has 1 atom stereocenters. The summed E-state index contributed by atoms with van der Waals surface area (Å²) >= 11 is 5.79. The van der Waals surface area contributed by atoms with Crippen LogP contribution in [0.2, 0.25) is 0 Å². The van der Waals surface area contributed by atoms with Gasteiger partial charge in [-0.1, -0.05) is 37.8 Å². The molecule has 0 aromatic rings. The lowest BCUT2D eigenvalue weighted by Gasteiger charge is -2.34. The molecule has 1 N–H and O–H groups in total. The molecule has 1 aliphatic carbocycles. The first-order valence-corrected chi connectivity index (χ1v) is 6.81. The summed E-state index contributed by atoms with van der Waals surface area (Å²) in [5, 5.41) is 3.59. The summed E-state index contributed by atoms with van der Waals surface area (Å²) < 4.78 is 5.04. The first kappa shape index (κ1) is 14.5. The van der Waals surface area contributed by atoms with E-state index in [1.807, 2.05) is 0 Å². The van der Waals surface area contributed by atoms with E-state index in [4.69, 9.17) is 16.3 Å². The van der Waals surface area contributed by atoms with E-state index in [1.165, 1.54) is 5.54 Å². The van der Waals surface area contributed by atoms with Crippen molar-refractivity contribution in [3.05, 3.63) is 11.3 Å². The molecule has 1 aliphatic rings. The summed E-state index contributed by atoms with van der Waals surface area (Å²) in [4.78, 5) is 10.5. The number of halogens is 1. The van der Waals surface area contributed by atoms with Crippen LogP contribution in [0.15, 0.2) is 11.3 Å². The molecule has 0 spiro atoms. The molecule has 1 fully saturated rings. The standard InChI is InChI=1S/C13H22ClNO2/c1-3-6-11(2)15-13(7-4-5-8-13)12(9-14)17-10-16/h9-11,15H,3-8H2,1-2H3. The average Bonchev–Trinajstić information content (AvgIpc) is 2.75. The predicted molar refractivity (Wildman–Crippen MR) is 69.8 cm³/mol. The average molecular weight is 260 g/mol. The van der Waals surface area contributed by atoms with E-state index >= 15 is 0 Å². The lowest BCUT2D eigenvalue weighted by atomic mass is 9.93. The minimum absolute atomic E-state index is 0.239. The minimum atomic E-state index is -0.239. The molecule has 1 unspecified atom stereocenters. The lowest BCUT2D eigenvalue weighted by Crippen LogP contribution is -2.49. The minimum Gasteiger partial charge on any atom is -0.430 e. The van der Waals surface area contributed by atoms with Crippen LogP contribution < -0.4 is 5.32 Å². The van der Waals surface area contributed by atoms with Crippen LogP contribution in [0.4, 0.5) is 0 Å². The number of carbonyl (C=O) groups excluding carboxylic acids is 1. The van der Waals surface area contributed by atoms with Gasteiger partial charge in [-0.05, 0) is 26.2 Å². The highest BCUT2D eigenvalue weighted by Crippen LogP contribution is 2.37. The highest BCUT2D eigenvalue weighted by Gasteiger charge is 2.39. The molecular formula is C13H22ClNO2. The third-order valence-corrected chi connectivity index (χ3v) is 3.65. The largest absolute Gasteiger partial charge is 0.430 e. The zero-order valence-corrected chi connectivity index (χ0v) is 11.4. The van der Waals surface area contributed by atoms with Gasteiger partial charge < -0.3 is 10.1 Å². The van der Waals surface area contributed by atoms with Crippen LogP contribution in [0.25, 0.3) is 0 Å². The summed E-state index contributed by atoms with van der Waals surface area (Å²) in [5.74, 6) is 0.564. The van der Waals surface area contributed by atoms with E-state index in [1.54, 1.807) is 0 Å². The van der Waals surface area contributed by atoms with Gasteiger partial charge in [-0.15, -0.1) is 0 Å². The van der Waals surface area contributed by atoms with E-state index < -0.39 is 0 Å². The van der Waals surface area contributed by atoms with E-state index in [0.29, 0.717) is 18.3 Å². The van der Waals surface area contributed by atoms with Crippen LogP contribution in [0.1, 0.15) is 52.4 Å². The van der Waals surface area contributed by atoms with Crippen molar-refractivity contribution in [3.8, 4) is 0 Å². The van der Waals surface area contributed by atoms with E-state index in [9.17, 15) is 4.79 Å². The van der Waals surface area contributed by atoms with Gasteiger partial charge in [-0.25, -0.2) is 0 Å². The molecule has 17 heavy (non-hydrogen) atoms. The fraction of sp³-hybridized carbons (Fsp3) is 0.769. The molecule has 0 heterocycles. The third-order valence-electron chi connectivity index (χ3n) is 3.45. The van der Waals surface area contributed by atoms with Gasteiger partial charge in [0, 0.05) is 11.6 Å². The van der Waals surface area contributed by atoms with Crippen LogP contribution in [0.3, 0.4) is 0 Å². The Morgan fingerprint density at radius 1 is 1.53 bits per heavy atom. The Balaban J connectivity index is 2.77. The number of carbonyl (C=O) groups is 1. The molecule has 1 rings (SSSR count). The topological polar surface area (TPSA) is 38.3 Å². The highest BCUT2D eigenvalue weighted by atomic mass is 35.5. The second kappa shape index (κ2) is 7.02. The maximum atomic E-state index is 10.5. The van der Waals surface area contributed by atoms with Gasteiger partial charge in [0.15, 0.2) is 0 Å². The Morgan fingerprint density at radius 3 is 2.65 bits per heavy atom. The van der Waals surface area contributed by atoms with Crippen LogP contribution >= 0.6 is 11.6 Å². The zero-order chi connectivity index (χ0) is 12.7. The van der Waals surface area contributed by atoms with E-state index in [2.05, 4.69) is 19.2 Å². The van der Waals surface area contributed by atoms with Crippen molar-refractivity contribution in [1.29, 1.82) is 0 Å². The Kier molecular flexibility index (Phi) is 6.00. The fourth-order valence-corrected chi connectivity index (χ4v) is 2.97. The predicted octanol–water partition coefficient (Wildman–Crippen LogP) is 3.33. The maximum absolute atomic E-state index is 10.5. The number of ether oxygens (including phenoxy) is 1. The Labute approximate surface area is 109 Å². The quantitative estimate of drug-likeness (QED) is 0.563. The van der Waals surface area contributed by atoms with Crippen LogP contribution in [-0.2, 0) is 9.53 Å². The number of nitrogens with one attached hydrogen (secondary N) is 1. The normalized spacial score (nSPS) is 21.2. The van der Waals surface area contributed by atoms with Crippen molar-refractivity contribution < 1.29 is 9.53 Å². The summed E-state index contributed by atoms with van der Waals surface area (Å²) in [7, 11) is 0. The molecule has 0 bridgehead atoms. The zero-order valence-electron chi connectivity index (χ0n) is 10.7. The molecular weight excluding hydrogens is 238 g/mol. The summed E-state index contributed by atoms with van der Waals surface area (Å²) in [6.07, 6.45) is 6.49. The molecule has 98 valence electrons. The van der Waals surface area contributed by atoms with Gasteiger partial charge in [-0.2, -0.15) is 0 Å². The Hall–Kier alpha value is -0.540. The monoisotopic (exact) mass is 259 g/mol. The molecule has 4 heteroatoms. The molecule has 0 aromatic heterocycles. The van der Waals surface area contributed by atoms with E-state index in [0.717, 1.165) is 38.5 Å². The molecule has 0 radical (unpaired) electrons. The second-order valence-corrected chi connectivity index (χ2v) is 5.03.